The number of nitrogens with one attached hydrogen (secondary N) is 2. The Morgan fingerprint density at radius 3 is 2.30 bits per heavy atom. The first-order chi connectivity index (χ1) is 15.6. The van der Waals surface area contributed by atoms with Gasteiger partial charge in [0.25, 0.3) is 0 Å². The highest BCUT2D eigenvalue weighted by Gasteiger charge is 2.21. The van der Waals surface area contributed by atoms with Crippen molar-refractivity contribution in [1.29, 1.82) is 0 Å². The normalized spacial score (nSPS) is 10.7. The van der Waals surface area contributed by atoms with Gasteiger partial charge in [-0.25, -0.2) is 22.7 Å². The fraction of sp³-hybridized carbons (Fsp3) is 0.316. The summed E-state index contributed by atoms with van der Waals surface area (Å²) in [5.74, 6) is -2.65. The summed E-state index contributed by atoms with van der Waals surface area (Å²) in [5.41, 5.74) is 0.0554. The first-order valence-corrected chi connectivity index (χ1v) is 11.0. The number of nitrogens with zero attached hydrogens (tertiary/aromatic N) is 2. The molecule has 0 saturated carbocycles. The average molecular weight is 482 g/mol. The van der Waals surface area contributed by atoms with Crippen molar-refractivity contribution in [1.82, 2.24) is 14.7 Å². The third kappa shape index (κ3) is 8.25. The lowest BCUT2D eigenvalue weighted by atomic mass is 10.1. The van der Waals surface area contributed by atoms with E-state index in [1.165, 1.54) is 44.6 Å². The maximum Gasteiger partial charge on any atom is 0.338 e. The molecule has 0 bridgehead atoms. The highest BCUT2D eigenvalue weighted by Crippen LogP contribution is 2.17. The van der Waals surface area contributed by atoms with Crippen LogP contribution in [0.5, 0.6) is 11.8 Å². The number of ether oxygens (including phenoxy) is 3. The quantitative estimate of drug-likeness (QED) is 0.308. The summed E-state index contributed by atoms with van der Waals surface area (Å²) in [6.45, 7) is -0.142. The number of methoxy groups -OCH3 is 2. The topological polar surface area (TPSA) is 183 Å². The highest BCUT2D eigenvalue weighted by molar-refractivity contribution is 7.89. The molecule has 178 valence electrons. The first kappa shape index (κ1) is 25.3. The van der Waals surface area contributed by atoms with Gasteiger partial charge in [-0.1, -0.05) is 18.2 Å². The molecule has 1 aromatic carbocycles. The van der Waals surface area contributed by atoms with Gasteiger partial charge in [-0.15, -0.1) is 0 Å². The number of carbonyl (C=O) groups excluding carboxylic acids is 2. The molecule has 2 aromatic rings. The van der Waals surface area contributed by atoms with Gasteiger partial charge >= 0.3 is 18.0 Å². The number of aromatic nitrogens is 2. The summed E-state index contributed by atoms with van der Waals surface area (Å²) in [7, 11) is -1.57. The number of esters is 1. The van der Waals surface area contributed by atoms with Crippen LogP contribution in [0.1, 0.15) is 28.8 Å². The minimum atomic E-state index is -4.24. The minimum absolute atomic E-state index is 0.0283. The zero-order valence-electron chi connectivity index (χ0n) is 17.7. The fourth-order valence-corrected chi connectivity index (χ4v) is 3.56. The van der Waals surface area contributed by atoms with E-state index in [0.29, 0.717) is 0 Å². The van der Waals surface area contributed by atoms with E-state index in [0.717, 1.165) is 0 Å². The summed E-state index contributed by atoms with van der Waals surface area (Å²) in [4.78, 5) is 42.7. The van der Waals surface area contributed by atoms with Crippen LogP contribution < -0.4 is 19.5 Å². The molecular formula is C19H22N4O9S. The number of sulfonamides is 1. The average Bonchev–Trinajstić information content (AvgIpc) is 2.75. The second kappa shape index (κ2) is 11.6. The lowest BCUT2D eigenvalue weighted by molar-refractivity contribution is -0.137. The Bertz CT molecular complexity index is 1100. The van der Waals surface area contributed by atoms with Crippen LogP contribution in [0.2, 0.25) is 0 Å². The van der Waals surface area contributed by atoms with Crippen LogP contribution in [-0.2, 0) is 25.3 Å². The predicted octanol–water partition coefficient (Wildman–Crippen LogP) is 1.17. The van der Waals surface area contributed by atoms with Crippen LogP contribution in [0.4, 0.5) is 10.7 Å². The molecule has 2 amide bonds. The fourth-order valence-electron chi connectivity index (χ4n) is 2.49. The van der Waals surface area contributed by atoms with Crippen molar-refractivity contribution in [2.24, 2.45) is 0 Å². The molecule has 0 spiro atoms. The number of aliphatic carboxylic acids is 1. The molecule has 0 aliphatic heterocycles. The summed E-state index contributed by atoms with van der Waals surface area (Å²) in [6.07, 6.45) is -0.0639. The van der Waals surface area contributed by atoms with E-state index < -0.39 is 33.7 Å². The molecule has 1 heterocycles. The van der Waals surface area contributed by atoms with Crippen LogP contribution >= 0.6 is 0 Å². The predicted molar refractivity (Wildman–Crippen MR) is 114 cm³/mol. The number of benzene rings is 1. The van der Waals surface area contributed by atoms with E-state index in [-0.39, 0.29) is 48.3 Å². The van der Waals surface area contributed by atoms with Gasteiger partial charge in [0, 0.05) is 6.42 Å². The van der Waals surface area contributed by atoms with E-state index in [1.54, 1.807) is 4.72 Å². The lowest BCUT2D eigenvalue weighted by Gasteiger charge is -2.12. The van der Waals surface area contributed by atoms with Gasteiger partial charge in [-0.05, 0) is 18.1 Å². The van der Waals surface area contributed by atoms with Crippen molar-refractivity contribution in [2.45, 2.75) is 18.6 Å². The molecule has 2 rings (SSSR count). The largest absolute Gasteiger partial charge is 0.481 e. The van der Waals surface area contributed by atoms with E-state index in [9.17, 15) is 22.8 Å². The Hall–Kier alpha value is -3.94. The monoisotopic (exact) mass is 482 g/mol. The van der Waals surface area contributed by atoms with Gasteiger partial charge in [0.05, 0.1) is 38.2 Å². The third-order valence-electron chi connectivity index (χ3n) is 3.92. The van der Waals surface area contributed by atoms with Crippen molar-refractivity contribution in [3.63, 3.8) is 0 Å². The number of carboxylic acids is 1. The van der Waals surface area contributed by atoms with Gasteiger partial charge in [0.1, 0.15) is 0 Å². The highest BCUT2D eigenvalue weighted by atomic mass is 32.2. The smallest absolute Gasteiger partial charge is 0.338 e. The number of hydrogen-bond donors (Lipinski definition) is 3. The van der Waals surface area contributed by atoms with Crippen molar-refractivity contribution in [3.05, 3.63) is 41.5 Å². The van der Waals surface area contributed by atoms with Crippen LogP contribution in [0.3, 0.4) is 0 Å². The van der Waals surface area contributed by atoms with E-state index in [2.05, 4.69) is 15.3 Å². The zero-order chi connectivity index (χ0) is 24.4. The summed E-state index contributed by atoms with van der Waals surface area (Å²) >= 11 is 0. The zero-order valence-corrected chi connectivity index (χ0v) is 18.5. The summed E-state index contributed by atoms with van der Waals surface area (Å²) < 4.78 is 41.7. The molecule has 33 heavy (non-hydrogen) atoms. The van der Waals surface area contributed by atoms with Crippen LogP contribution in [0, 0.1) is 0 Å². The van der Waals surface area contributed by atoms with Crippen molar-refractivity contribution in [3.8, 4) is 11.8 Å². The maximum atomic E-state index is 12.5. The van der Waals surface area contributed by atoms with Gasteiger partial charge < -0.3 is 19.3 Å². The van der Waals surface area contributed by atoms with Crippen LogP contribution in [0.15, 0.2) is 30.3 Å². The van der Waals surface area contributed by atoms with Crippen molar-refractivity contribution in [2.75, 3.05) is 26.1 Å². The van der Waals surface area contributed by atoms with Gasteiger partial charge in [-0.2, -0.15) is 9.97 Å². The summed E-state index contributed by atoms with van der Waals surface area (Å²) in [5, 5.41) is 10.8. The molecule has 0 fully saturated rings. The first-order valence-electron chi connectivity index (χ1n) is 9.39. The van der Waals surface area contributed by atoms with E-state index in [4.69, 9.17) is 19.3 Å². The Balaban J connectivity index is 2.05. The van der Waals surface area contributed by atoms with E-state index in [1.807, 2.05) is 0 Å². The molecule has 0 radical (unpaired) electrons. The van der Waals surface area contributed by atoms with Gasteiger partial charge in [0.15, 0.2) is 0 Å². The number of carboxylic acid groups (broad SMARTS) is 1. The molecular weight excluding hydrogens is 460 g/mol. The third-order valence-corrected chi connectivity index (χ3v) is 5.11. The molecule has 0 atom stereocenters. The molecule has 14 heteroatoms. The molecule has 0 unspecified atom stereocenters. The molecule has 0 aliphatic carbocycles. The summed E-state index contributed by atoms with van der Waals surface area (Å²) in [6, 6.07) is 6.00. The minimum Gasteiger partial charge on any atom is -0.481 e. The number of rotatable bonds is 11. The second-order valence-corrected chi connectivity index (χ2v) is 8.10. The molecule has 0 saturated heterocycles. The lowest BCUT2D eigenvalue weighted by Crippen LogP contribution is -2.36. The standard InChI is InChI=1S/C19H22N4O9S/c1-30-14-10-15(31-2)21-18(20-14)22-19(27)23-33(28,29)11-12-6-3-4-7-13(12)17(26)32-9-5-8-16(24)25/h3-4,6-7,10H,5,8-9,11H2,1-2H3,(H,24,25)(H2,20,21,22,23,27). The number of hydrogen-bond acceptors (Lipinski definition) is 10. The molecule has 0 aliphatic rings. The SMILES string of the molecule is COc1cc(OC)nc(NC(=O)NS(=O)(=O)Cc2ccccc2C(=O)OCCCC(=O)O)n1. The van der Waals surface area contributed by atoms with E-state index >= 15 is 0 Å². The number of urea groups is 1. The van der Waals surface area contributed by atoms with Gasteiger partial charge in [0.2, 0.25) is 27.7 Å². The molecule has 1 aromatic heterocycles. The Labute approximate surface area is 189 Å². The Morgan fingerprint density at radius 2 is 1.70 bits per heavy atom. The molecule has 13 nitrogen and oxygen atoms in total. The Kier molecular flexibility index (Phi) is 8.91. The van der Waals surface area contributed by atoms with Crippen LogP contribution in [0.25, 0.3) is 0 Å². The van der Waals surface area contributed by atoms with Crippen molar-refractivity contribution >= 4 is 33.9 Å². The van der Waals surface area contributed by atoms with Crippen LogP contribution in [-0.4, -0.2) is 62.3 Å². The number of amides is 2. The number of anilines is 1. The van der Waals surface area contributed by atoms with Gasteiger partial charge in [-0.3, -0.25) is 10.1 Å². The van der Waals surface area contributed by atoms with Crippen molar-refractivity contribution < 1.29 is 42.1 Å². The molecule has 3 N–H and O–H groups in total. The number of carbonyl (C=O) groups is 3. The maximum absolute atomic E-state index is 12.5. The second-order valence-electron chi connectivity index (χ2n) is 6.38. The Morgan fingerprint density at radius 1 is 1.06 bits per heavy atom.